The Bertz CT molecular complexity index is 483. The van der Waals surface area contributed by atoms with Crippen LogP contribution in [0.15, 0.2) is 30.3 Å². The van der Waals surface area contributed by atoms with E-state index in [4.69, 9.17) is 0 Å². The van der Waals surface area contributed by atoms with Crippen molar-refractivity contribution in [2.24, 2.45) is 0 Å². The normalized spacial score (nSPS) is 23.6. The molecule has 1 aliphatic rings. The molecule has 2 rings (SSSR count). The number of hydrogen-bond donors (Lipinski definition) is 1. The molecule has 0 aromatic heterocycles. The minimum absolute atomic E-state index is 0.162. The van der Waals surface area contributed by atoms with Crippen LogP contribution in [0.3, 0.4) is 0 Å². The lowest BCUT2D eigenvalue weighted by Crippen LogP contribution is -2.45. The van der Waals surface area contributed by atoms with Gasteiger partial charge in [0.25, 0.3) is 0 Å². The largest absolute Gasteiger partial charge is 0.351 e. The second-order valence-corrected chi connectivity index (χ2v) is 6.22. The Labute approximate surface area is 124 Å². The van der Waals surface area contributed by atoms with E-state index in [2.05, 4.69) is 17.6 Å². The zero-order chi connectivity index (χ0) is 14.4. The number of rotatable bonds is 4. The fraction of sp³-hybridized carbons (Fsp3) is 0.500. The minimum Gasteiger partial charge on any atom is -0.351 e. The molecule has 4 heteroatoms. The lowest BCUT2D eigenvalue weighted by molar-refractivity contribution is -0.122. The first-order valence-electron chi connectivity index (χ1n) is 7.04. The van der Waals surface area contributed by atoms with Gasteiger partial charge in [0, 0.05) is 11.3 Å². The summed E-state index contributed by atoms with van der Waals surface area (Å²) in [6.07, 6.45) is 6.65. The van der Waals surface area contributed by atoms with Crippen LogP contribution in [0.1, 0.15) is 37.2 Å². The summed E-state index contributed by atoms with van der Waals surface area (Å²) in [4.78, 5) is 12.4. The van der Waals surface area contributed by atoms with Gasteiger partial charge < -0.3 is 5.32 Å². The number of hydrogen-bond acceptors (Lipinski definition) is 3. The van der Waals surface area contributed by atoms with Crippen LogP contribution in [0.25, 0.3) is 0 Å². The first kappa shape index (κ1) is 14.9. The van der Waals surface area contributed by atoms with Crippen molar-refractivity contribution in [3.05, 3.63) is 35.9 Å². The summed E-state index contributed by atoms with van der Waals surface area (Å²) in [5.74, 6) is -0.870. The molecule has 0 heterocycles. The van der Waals surface area contributed by atoms with Gasteiger partial charge in [0.1, 0.15) is 5.92 Å². The van der Waals surface area contributed by atoms with Crippen LogP contribution >= 0.6 is 11.8 Å². The van der Waals surface area contributed by atoms with Crippen LogP contribution in [-0.4, -0.2) is 23.5 Å². The molecule has 0 spiro atoms. The highest BCUT2D eigenvalue weighted by Crippen LogP contribution is 2.27. The first-order chi connectivity index (χ1) is 9.76. The average Bonchev–Trinajstić information content (AvgIpc) is 2.49. The quantitative estimate of drug-likeness (QED) is 0.926. The van der Waals surface area contributed by atoms with Crippen LogP contribution in [0.2, 0.25) is 0 Å². The predicted octanol–water partition coefficient (Wildman–Crippen LogP) is 3.08. The smallest absolute Gasteiger partial charge is 0.242 e. The van der Waals surface area contributed by atoms with E-state index in [-0.39, 0.29) is 11.9 Å². The number of carbonyl (C=O) groups is 1. The predicted molar refractivity (Wildman–Crippen MR) is 82.5 cm³/mol. The van der Waals surface area contributed by atoms with E-state index in [0.29, 0.717) is 5.25 Å². The molecule has 0 radical (unpaired) electrons. The van der Waals surface area contributed by atoms with Crippen molar-refractivity contribution in [3.8, 4) is 6.07 Å². The highest BCUT2D eigenvalue weighted by Gasteiger charge is 2.29. The van der Waals surface area contributed by atoms with Crippen molar-refractivity contribution < 1.29 is 4.79 Å². The molecule has 1 amide bonds. The minimum atomic E-state index is -0.708. The SMILES string of the molecule is CSC1CCCCC1NC(=O)C(C#N)c1ccccc1. The summed E-state index contributed by atoms with van der Waals surface area (Å²) >= 11 is 1.81. The zero-order valence-electron chi connectivity index (χ0n) is 11.7. The second-order valence-electron chi connectivity index (χ2n) is 5.15. The molecule has 1 aliphatic carbocycles. The molecule has 1 N–H and O–H groups in total. The molecule has 3 nitrogen and oxygen atoms in total. The maximum atomic E-state index is 12.4. The van der Waals surface area contributed by atoms with Gasteiger partial charge in [0.05, 0.1) is 6.07 Å². The number of carbonyl (C=O) groups excluding carboxylic acids is 1. The third-order valence-electron chi connectivity index (χ3n) is 3.86. The van der Waals surface area contributed by atoms with Gasteiger partial charge in [0.2, 0.25) is 5.91 Å². The van der Waals surface area contributed by atoms with Gasteiger partial charge >= 0.3 is 0 Å². The molecule has 1 aromatic carbocycles. The Morgan fingerprint density at radius 3 is 2.70 bits per heavy atom. The van der Waals surface area contributed by atoms with Crippen molar-refractivity contribution in [1.29, 1.82) is 5.26 Å². The summed E-state index contributed by atoms with van der Waals surface area (Å²) in [5, 5.41) is 12.8. The van der Waals surface area contributed by atoms with Crippen LogP contribution in [0.4, 0.5) is 0 Å². The van der Waals surface area contributed by atoms with E-state index in [0.717, 1.165) is 24.8 Å². The number of amides is 1. The van der Waals surface area contributed by atoms with Gasteiger partial charge in [0.15, 0.2) is 0 Å². The van der Waals surface area contributed by atoms with Crippen molar-refractivity contribution in [2.75, 3.05) is 6.26 Å². The molecule has 106 valence electrons. The monoisotopic (exact) mass is 288 g/mol. The third kappa shape index (κ3) is 3.55. The summed E-state index contributed by atoms with van der Waals surface area (Å²) in [7, 11) is 0. The van der Waals surface area contributed by atoms with Crippen LogP contribution < -0.4 is 5.32 Å². The van der Waals surface area contributed by atoms with E-state index in [1.54, 1.807) is 0 Å². The van der Waals surface area contributed by atoms with Crippen LogP contribution in [0.5, 0.6) is 0 Å². The molecular formula is C16H20N2OS. The number of benzene rings is 1. The fourth-order valence-corrected chi connectivity index (χ4v) is 3.68. The molecule has 0 bridgehead atoms. The van der Waals surface area contributed by atoms with E-state index >= 15 is 0 Å². The van der Waals surface area contributed by atoms with Gasteiger partial charge in [-0.05, 0) is 24.7 Å². The van der Waals surface area contributed by atoms with E-state index in [1.165, 1.54) is 6.42 Å². The first-order valence-corrected chi connectivity index (χ1v) is 8.32. The maximum Gasteiger partial charge on any atom is 0.242 e. The second kappa shape index (κ2) is 7.35. The van der Waals surface area contributed by atoms with Gasteiger partial charge in [-0.25, -0.2) is 0 Å². The molecule has 0 saturated heterocycles. The lowest BCUT2D eigenvalue weighted by atomic mass is 9.93. The van der Waals surface area contributed by atoms with E-state index < -0.39 is 5.92 Å². The Hall–Kier alpha value is -1.47. The Morgan fingerprint density at radius 2 is 2.05 bits per heavy atom. The Balaban J connectivity index is 2.04. The van der Waals surface area contributed by atoms with Crippen molar-refractivity contribution >= 4 is 17.7 Å². The number of nitrogens with zero attached hydrogens (tertiary/aromatic N) is 1. The molecule has 1 saturated carbocycles. The molecule has 3 atom stereocenters. The van der Waals surface area contributed by atoms with Crippen LogP contribution in [-0.2, 0) is 4.79 Å². The molecular weight excluding hydrogens is 268 g/mol. The van der Waals surface area contributed by atoms with Gasteiger partial charge in [-0.15, -0.1) is 0 Å². The number of nitriles is 1. The van der Waals surface area contributed by atoms with Crippen molar-refractivity contribution in [2.45, 2.75) is 42.9 Å². The van der Waals surface area contributed by atoms with Gasteiger partial charge in [-0.2, -0.15) is 17.0 Å². The van der Waals surface area contributed by atoms with Crippen LogP contribution in [0, 0.1) is 11.3 Å². The zero-order valence-corrected chi connectivity index (χ0v) is 12.5. The average molecular weight is 288 g/mol. The molecule has 0 aliphatic heterocycles. The maximum absolute atomic E-state index is 12.4. The molecule has 1 fully saturated rings. The van der Waals surface area contributed by atoms with Gasteiger partial charge in [-0.1, -0.05) is 43.2 Å². The topological polar surface area (TPSA) is 52.9 Å². The van der Waals surface area contributed by atoms with E-state index in [9.17, 15) is 10.1 Å². The summed E-state index contributed by atoms with van der Waals surface area (Å²) in [6.45, 7) is 0. The number of thioether (sulfide) groups is 1. The Morgan fingerprint density at radius 1 is 1.35 bits per heavy atom. The summed E-state index contributed by atoms with van der Waals surface area (Å²) < 4.78 is 0. The fourth-order valence-electron chi connectivity index (χ4n) is 2.74. The van der Waals surface area contributed by atoms with E-state index in [1.807, 2.05) is 42.1 Å². The third-order valence-corrected chi connectivity index (χ3v) is 5.03. The summed E-state index contributed by atoms with van der Waals surface area (Å²) in [6, 6.07) is 11.6. The van der Waals surface area contributed by atoms with Crippen molar-refractivity contribution in [3.63, 3.8) is 0 Å². The lowest BCUT2D eigenvalue weighted by Gasteiger charge is -2.31. The van der Waals surface area contributed by atoms with Gasteiger partial charge in [-0.3, -0.25) is 4.79 Å². The Kier molecular flexibility index (Phi) is 5.49. The highest BCUT2D eigenvalue weighted by atomic mass is 32.2. The molecule has 1 aromatic rings. The summed E-state index contributed by atoms with van der Waals surface area (Å²) in [5.41, 5.74) is 0.768. The highest BCUT2D eigenvalue weighted by molar-refractivity contribution is 7.99. The molecule has 3 unspecified atom stereocenters. The number of nitrogens with one attached hydrogen (secondary N) is 1. The standard InChI is InChI=1S/C16H20N2OS/c1-20-15-10-6-5-9-14(15)18-16(19)13(11-17)12-7-3-2-4-8-12/h2-4,7-8,13-15H,5-6,9-10H2,1H3,(H,18,19). The molecule has 20 heavy (non-hydrogen) atoms. The van der Waals surface area contributed by atoms with Crippen molar-refractivity contribution in [1.82, 2.24) is 5.32 Å².